The summed E-state index contributed by atoms with van der Waals surface area (Å²) in [6, 6.07) is 25.0. The lowest BCUT2D eigenvalue weighted by Gasteiger charge is -2.35. The van der Waals surface area contributed by atoms with Crippen LogP contribution in [0, 0.1) is 5.41 Å². The number of nitrogens with zero attached hydrogens (tertiary/aromatic N) is 2. The average molecular weight is 488 g/mol. The quantitative estimate of drug-likeness (QED) is 0.408. The summed E-state index contributed by atoms with van der Waals surface area (Å²) in [5, 5.41) is 2.93. The van der Waals surface area contributed by atoms with Crippen molar-refractivity contribution in [3.8, 4) is 5.75 Å². The van der Waals surface area contributed by atoms with Gasteiger partial charge in [0.15, 0.2) is 6.61 Å². The van der Waals surface area contributed by atoms with Gasteiger partial charge in [0, 0.05) is 37.4 Å². The maximum absolute atomic E-state index is 13.6. The minimum Gasteiger partial charge on any atom is -0.484 e. The molecule has 0 bridgehead atoms. The van der Waals surface area contributed by atoms with Crippen LogP contribution in [-0.2, 0) is 16.1 Å². The molecule has 0 spiro atoms. The number of rotatable bonds is 9. The average Bonchev–Trinajstić information content (AvgIpc) is 2.86. The standard InChI is InChI=1S/C30H37N3O3/c1-22(23-13-9-7-10-14-23)33(29(35)30(2,3)4)20-24-19-25(17-18-27(24)32(5)6)31-28(34)21-36-26-15-11-8-12-16-26/h7-19,22H,20-21H2,1-6H3,(H,31,34)/t22-/m0/s1. The van der Waals surface area contributed by atoms with Crippen LogP contribution in [0.15, 0.2) is 78.9 Å². The zero-order chi connectivity index (χ0) is 26.3. The first kappa shape index (κ1) is 26.8. The summed E-state index contributed by atoms with van der Waals surface area (Å²) in [6.45, 7) is 8.20. The molecule has 3 aromatic rings. The largest absolute Gasteiger partial charge is 0.484 e. The molecule has 6 heteroatoms. The van der Waals surface area contributed by atoms with Crippen LogP contribution in [0.2, 0.25) is 0 Å². The molecule has 1 N–H and O–H groups in total. The number of benzene rings is 3. The number of hydrogen-bond donors (Lipinski definition) is 1. The van der Waals surface area contributed by atoms with Crippen LogP contribution in [0.25, 0.3) is 0 Å². The number of anilines is 2. The monoisotopic (exact) mass is 487 g/mol. The normalized spacial score (nSPS) is 11.9. The molecule has 0 aliphatic rings. The Balaban J connectivity index is 1.86. The highest BCUT2D eigenvalue weighted by molar-refractivity contribution is 5.92. The van der Waals surface area contributed by atoms with Gasteiger partial charge in [0.2, 0.25) is 5.91 Å². The highest BCUT2D eigenvalue weighted by Crippen LogP contribution is 2.32. The molecule has 6 nitrogen and oxygen atoms in total. The smallest absolute Gasteiger partial charge is 0.262 e. The van der Waals surface area contributed by atoms with Gasteiger partial charge in [0.1, 0.15) is 5.75 Å². The van der Waals surface area contributed by atoms with E-state index < -0.39 is 5.41 Å². The van der Waals surface area contributed by atoms with Gasteiger partial charge in [-0.3, -0.25) is 9.59 Å². The van der Waals surface area contributed by atoms with E-state index in [1.54, 1.807) is 0 Å². The summed E-state index contributed by atoms with van der Waals surface area (Å²) >= 11 is 0. The first-order valence-corrected chi connectivity index (χ1v) is 12.2. The predicted octanol–water partition coefficient (Wildman–Crippen LogP) is 5.91. The van der Waals surface area contributed by atoms with E-state index in [0.29, 0.717) is 18.0 Å². The van der Waals surface area contributed by atoms with Crippen molar-refractivity contribution in [1.82, 2.24) is 4.90 Å². The second-order valence-corrected chi connectivity index (χ2v) is 10.2. The fraction of sp³-hybridized carbons (Fsp3) is 0.333. The van der Waals surface area contributed by atoms with Crippen molar-refractivity contribution in [2.75, 3.05) is 30.9 Å². The van der Waals surface area contributed by atoms with Crippen LogP contribution in [-0.4, -0.2) is 37.4 Å². The van der Waals surface area contributed by atoms with Gasteiger partial charge in [-0.15, -0.1) is 0 Å². The molecule has 36 heavy (non-hydrogen) atoms. The molecule has 2 amide bonds. The van der Waals surface area contributed by atoms with E-state index >= 15 is 0 Å². The number of ether oxygens (including phenoxy) is 1. The van der Waals surface area contributed by atoms with E-state index in [1.807, 2.05) is 124 Å². The number of carbonyl (C=O) groups excluding carboxylic acids is 2. The number of hydrogen-bond acceptors (Lipinski definition) is 4. The molecule has 0 radical (unpaired) electrons. The summed E-state index contributed by atoms with van der Waals surface area (Å²) in [5.41, 5.74) is 3.13. The maximum Gasteiger partial charge on any atom is 0.262 e. The van der Waals surface area contributed by atoms with Gasteiger partial charge in [-0.1, -0.05) is 69.3 Å². The maximum atomic E-state index is 13.6. The summed E-state index contributed by atoms with van der Waals surface area (Å²) in [6.07, 6.45) is 0. The van der Waals surface area contributed by atoms with Crippen molar-refractivity contribution in [2.45, 2.75) is 40.3 Å². The van der Waals surface area contributed by atoms with Crippen LogP contribution < -0.4 is 15.0 Å². The first-order chi connectivity index (χ1) is 17.1. The fourth-order valence-electron chi connectivity index (χ4n) is 4.00. The Bertz CT molecular complexity index is 1160. The number of carbonyl (C=O) groups is 2. The lowest BCUT2D eigenvalue weighted by Crippen LogP contribution is -2.40. The first-order valence-electron chi connectivity index (χ1n) is 12.2. The van der Waals surface area contributed by atoms with Gasteiger partial charge < -0.3 is 19.9 Å². The Labute approximate surface area is 214 Å². The Morgan fingerprint density at radius 3 is 2.11 bits per heavy atom. The van der Waals surface area contributed by atoms with Gasteiger partial charge in [0.25, 0.3) is 5.91 Å². The van der Waals surface area contributed by atoms with Gasteiger partial charge in [0.05, 0.1) is 6.04 Å². The molecule has 190 valence electrons. The van der Waals surface area contributed by atoms with Crippen molar-refractivity contribution in [3.63, 3.8) is 0 Å². The zero-order valence-corrected chi connectivity index (χ0v) is 22.1. The van der Waals surface area contributed by atoms with E-state index in [2.05, 4.69) is 12.2 Å². The van der Waals surface area contributed by atoms with Crippen LogP contribution in [0.5, 0.6) is 5.75 Å². The lowest BCUT2D eigenvalue weighted by atomic mass is 9.92. The Hall–Kier alpha value is -3.80. The molecule has 3 aromatic carbocycles. The number of nitrogens with one attached hydrogen (secondary N) is 1. The second-order valence-electron chi connectivity index (χ2n) is 10.2. The Morgan fingerprint density at radius 2 is 1.53 bits per heavy atom. The lowest BCUT2D eigenvalue weighted by molar-refractivity contribution is -0.142. The molecule has 3 rings (SSSR count). The molecule has 0 saturated carbocycles. The molecular weight excluding hydrogens is 450 g/mol. The minimum atomic E-state index is -0.540. The summed E-state index contributed by atoms with van der Waals surface area (Å²) < 4.78 is 5.57. The Morgan fingerprint density at radius 1 is 0.917 bits per heavy atom. The topological polar surface area (TPSA) is 61.9 Å². The number of amides is 2. The molecule has 1 atom stereocenters. The third-order valence-electron chi connectivity index (χ3n) is 5.95. The molecular formula is C30H37N3O3. The fourth-order valence-corrected chi connectivity index (χ4v) is 4.00. The van der Waals surface area contributed by atoms with Gasteiger partial charge in [-0.05, 0) is 48.4 Å². The Kier molecular flexibility index (Phi) is 8.75. The summed E-state index contributed by atoms with van der Waals surface area (Å²) in [7, 11) is 3.95. The SMILES string of the molecule is C[C@@H](c1ccccc1)N(Cc1cc(NC(=O)COc2ccccc2)ccc1N(C)C)C(=O)C(C)(C)C. The van der Waals surface area contributed by atoms with Gasteiger partial charge >= 0.3 is 0 Å². The van der Waals surface area contributed by atoms with E-state index in [1.165, 1.54) is 0 Å². The minimum absolute atomic E-state index is 0.0641. The van der Waals surface area contributed by atoms with E-state index in [-0.39, 0.29) is 24.5 Å². The third-order valence-corrected chi connectivity index (χ3v) is 5.95. The van der Waals surface area contributed by atoms with Gasteiger partial charge in [-0.2, -0.15) is 0 Å². The van der Waals surface area contributed by atoms with Crippen molar-refractivity contribution < 1.29 is 14.3 Å². The molecule has 0 saturated heterocycles. The summed E-state index contributed by atoms with van der Waals surface area (Å²) in [5.74, 6) is 0.458. The van der Waals surface area contributed by atoms with Crippen molar-refractivity contribution >= 4 is 23.2 Å². The van der Waals surface area contributed by atoms with Crippen LogP contribution in [0.3, 0.4) is 0 Å². The second kappa shape index (κ2) is 11.8. The predicted molar refractivity (Wildman–Crippen MR) is 146 cm³/mol. The van der Waals surface area contributed by atoms with Crippen molar-refractivity contribution in [3.05, 3.63) is 90.0 Å². The van der Waals surface area contributed by atoms with Crippen LogP contribution in [0.1, 0.15) is 44.9 Å². The summed E-state index contributed by atoms with van der Waals surface area (Å²) in [4.78, 5) is 30.1. The van der Waals surface area contributed by atoms with Crippen LogP contribution >= 0.6 is 0 Å². The number of para-hydroxylation sites is 1. The van der Waals surface area contributed by atoms with E-state index in [9.17, 15) is 9.59 Å². The molecule has 0 aliphatic carbocycles. The highest BCUT2D eigenvalue weighted by Gasteiger charge is 2.31. The van der Waals surface area contributed by atoms with E-state index in [0.717, 1.165) is 16.8 Å². The zero-order valence-electron chi connectivity index (χ0n) is 22.1. The van der Waals surface area contributed by atoms with Gasteiger partial charge in [-0.25, -0.2) is 0 Å². The molecule has 0 unspecified atom stereocenters. The van der Waals surface area contributed by atoms with Crippen molar-refractivity contribution in [2.24, 2.45) is 5.41 Å². The highest BCUT2D eigenvalue weighted by atomic mass is 16.5. The van der Waals surface area contributed by atoms with E-state index in [4.69, 9.17) is 4.74 Å². The van der Waals surface area contributed by atoms with Crippen molar-refractivity contribution in [1.29, 1.82) is 0 Å². The van der Waals surface area contributed by atoms with Crippen LogP contribution in [0.4, 0.5) is 11.4 Å². The third kappa shape index (κ3) is 7.11. The molecule has 0 aromatic heterocycles. The molecule has 0 aliphatic heterocycles. The molecule has 0 heterocycles. The molecule has 0 fully saturated rings.